The Hall–Kier alpha value is -3.60. The highest BCUT2D eigenvalue weighted by Gasteiger charge is 2.13. The zero-order valence-electron chi connectivity index (χ0n) is 14.6. The normalized spacial score (nSPS) is 10.4. The second-order valence-electron chi connectivity index (χ2n) is 5.82. The van der Waals surface area contributed by atoms with Gasteiger partial charge < -0.3 is 9.88 Å². The SMILES string of the molecule is CC(=O)Nc1cccc(C#CCn2c(=O)n(C)c(=O)c3c2ncn3C)c1. The van der Waals surface area contributed by atoms with Gasteiger partial charge >= 0.3 is 5.69 Å². The van der Waals surface area contributed by atoms with E-state index < -0.39 is 11.2 Å². The van der Waals surface area contributed by atoms with Crippen molar-refractivity contribution in [3.8, 4) is 11.8 Å². The molecule has 0 atom stereocenters. The molecule has 3 rings (SSSR count). The summed E-state index contributed by atoms with van der Waals surface area (Å²) in [6.07, 6.45) is 1.49. The molecule has 8 nitrogen and oxygen atoms in total. The summed E-state index contributed by atoms with van der Waals surface area (Å²) in [5.74, 6) is 5.72. The fraction of sp³-hybridized carbons (Fsp3) is 0.222. The van der Waals surface area contributed by atoms with Gasteiger partial charge in [0.05, 0.1) is 12.9 Å². The topological polar surface area (TPSA) is 90.9 Å². The monoisotopic (exact) mass is 351 g/mol. The molecule has 0 radical (unpaired) electrons. The highest BCUT2D eigenvalue weighted by molar-refractivity contribution is 5.88. The lowest BCUT2D eigenvalue weighted by Gasteiger charge is -2.05. The minimum absolute atomic E-state index is 0.0881. The Morgan fingerprint density at radius 1 is 1.27 bits per heavy atom. The quantitative estimate of drug-likeness (QED) is 0.679. The molecule has 2 heterocycles. The van der Waals surface area contributed by atoms with Gasteiger partial charge in [0.2, 0.25) is 5.91 Å². The van der Waals surface area contributed by atoms with Crippen LogP contribution in [0.2, 0.25) is 0 Å². The molecule has 0 bridgehead atoms. The van der Waals surface area contributed by atoms with E-state index in [1.807, 2.05) is 0 Å². The summed E-state index contributed by atoms with van der Waals surface area (Å²) >= 11 is 0. The molecule has 0 fully saturated rings. The minimum atomic E-state index is -0.470. The Labute approximate surface area is 148 Å². The van der Waals surface area contributed by atoms with Crippen LogP contribution in [0.25, 0.3) is 11.2 Å². The van der Waals surface area contributed by atoms with Crippen molar-refractivity contribution in [3.05, 3.63) is 57.0 Å². The van der Waals surface area contributed by atoms with Gasteiger partial charge in [-0.25, -0.2) is 9.78 Å². The van der Waals surface area contributed by atoms with Crippen LogP contribution >= 0.6 is 0 Å². The molecule has 1 aromatic carbocycles. The summed E-state index contributed by atoms with van der Waals surface area (Å²) in [6.45, 7) is 1.52. The largest absolute Gasteiger partial charge is 0.333 e. The van der Waals surface area contributed by atoms with Crippen LogP contribution in [0.4, 0.5) is 5.69 Å². The lowest BCUT2D eigenvalue weighted by molar-refractivity contribution is -0.114. The zero-order valence-corrected chi connectivity index (χ0v) is 14.6. The highest BCUT2D eigenvalue weighted by atomic mass is 16.2. The minimum Gasteiger partial charge on any atom is -0.328 e. The van der Waals surface area contributed by atoms with E-state index in [4.69, 9.17) is 0 Å². The molecule has 132 valence electrons. The fourth-order valence-electron chi connectivity index (χ4n) is 2.62. The van der Waals surface area contributed by atoms with Crippen LogP contribution in [0.5, 0.6) is 0 Å². The number of nitrogens with zero attached hydrogens (tertiary/aromatic N) is 4. The Bertz CT molecular complexity index is 1190. The average Bonchev–Trinajstić information content (AvgIpc) is 2.97. The summed E-state index contributed by atoms with van der Waals surface area (Å²) < 4.78 is 3.99. The van der Waals surface area contributed by atoms with E-state index >= 15 is 0 Å². The summed E-state index contributed by atoms with van der Waals surface area (Å²) in [4.78, 5) is 39.9. The van der Waals surface area contributed by atoms with Crippen molar-refractivity contribution in [2.75, 3.05) is 5.32 Å². The van der Waals surface area contributed by atoms with E-state index in [1.165, 1.54) is 24.9 Å². The van der Waals surface area contributed by atoms with Gasteiger partial charge in [-0.3, -0.25) is 18.7 Å². The molecule has 0 saturated carbocycles. The highest BCUT2D eigenvalue weighted by Crippen LogP contribution is 2.09. The van der Waals surface area contributed by atoms with Crippen LogP contribution in [0.1, 0.15) is 12.5 Å². The van der Waals surface area contributed by atoms with E-state index in [0.29, 0.717) is 22.4 Å². The molecule has 0 aliphatic carbocycles. The fourth-order valence-corrected chi connectivity index (χ4v) is 2.62. The van der Waals surface area contributed by atoms with E-state index in [9.17, 15) is 14.4 Å². The summed E-state index contributed by atoms with van der Waals surface area (Å²) in [7, 11) is 3.13. The third-order valence-electron chi connectivity index (χ3n) is 3.85. The molecule has 0 aliphatic rings. The zero-order chi connectivity index (χ0) is 18.8. The van der Waals surface area contributed by atoms with Crippen LogP contribution in [0.3, 0.4) is 0 Å². The van der Waals surface area contributed by atoms with Crippen LogP contribution in [0.15, 0.2) is 40.2 Å². The first-order valence-electron chi connectivity index (χ1n) is 7.86. The molecule has 26 heavy (non-hydrogen) atoms. The number of carbonyl (C=O) groups is 1. The van der Waals surface area contributed by atoms with Gasteiger partial charge in [-0.2, -0.15) is 0 Å². The summed E-state index contributed by atoms with van der Waals surface area (Å²) in [5, 5.41) is 2.69. The number of fused-ring (bicyclic) bond motifs is 1. The second kappa shape index (κ2) is 6.72. The maximum absolute atomic E-state index is 12.4. The first kappa shape index (κ1) is 17.2. The van der Waals surface area contributed by atoms with Crippen molar-refractivity contribution in [1.29, 1.82) is 0 Å². The van der Waals surface area contributed by atoms with Gasteiger partial charge in [0.15, 0.2) is 11.2 Å². The number of benzene rings is 1. The third kappa shape index (κ3) is 3.15. The van der Waals surface area contributed by atoms with E-state index in [1.54, 1.807) is 35.9 Å². The van der Waals surface area contributed by atoms with Gasteiger partial charge in [-0.15, -0.1) is 0 Å². The lowest BCUT2D eigenvalue weighted by Crippen LogP contribution is -2.38. The number of nitrogens with one attached hydrogen (secondary N) is 1. The molecule has 1 N–H and O–H groups in total. The number of aryl methyl sites for hydroxylation is 1. The smallest absolute Gasteiger partial charge is 0.328 e. The molecule has 0 spiro atoms. The third-order valence-corrected chi connectivity index (χ3v) is 3.85. The number of hydrogen-bond donors (Lipinski definition) is 1. The standard InChI is InChI=1S/C18H17N5O3/c1-12(24)20-14-8-4-6-13(10-14)7-5-9-23-16-15(21(2)11-19-16)17(25)22(3)18(23)26/h4,6,8,10-11H,9H2,1-3H3,(H,20,24). The number of hydrogen-bond acceptors (Lipinski definition) is 4. The first-order valence-corrected chi connectivity index (χ1v) is 7.86. The molecular formula is C18H17N5O3. The van der Waals surface area contributed by atoms with Gasteiger partial charge in [0.1, 0.15) is 0 Å². The van der Waals surface area contributed by atoms with Crippen molar-refractivity contribution in [3.63, 3.8) is 0 Å². The number of anilines is 1. The Morgan fingerprint density at radius 3 is 2.77 bits per heavy atom. The molecular weight excluding hydrogens is 334 g/mol. The molecule has 0 aliphatic heterocycles. The van der Waals surface area contributed by atoms with Gasteiger partial charge in [-0.1, -0.05) is 17.9 Å². The number of amides is 1. The number of imidazole rings is 1. The summed E-state index contributed by atoms with van der Waals surface area (Å²) in [5.41, 5.74) is 1.14. The average molecular weight is 351 g/mol. The molecule has 3 aromatic rings. The Kier molecular flexibility index (Phi) is 4.45. The van der Waals surface area contributed by atoms with Crippen molar-refractivity contribution in [2.24, 2.45) is 14.1 Å². The van der Waals surface area contributed by atoms with Crippen LogP contribution in [-0.2, 0) is 25.4 Å². The Morgan fingerprint density at radius 2 is 2.04 bits per heavy atom. The Balaban J connectivity index is 1.98. The maximum Gasteiger partial charge on any atom is 0.333 e. The number of rotatable bonds is 2. The van der Waals surface area contributed by atoms with Gasteiger partial charge in [0.25, 0.3) is 5.56 Å². The van der Waals surface area contributed by atoms with E-state index in [-0.39, 0.29) is 12.5 Å². The maximum atomic E-state index is 12.4. The van der Waals surface area contributed by atoms with Crippen molar-refractivity contribution in [1.82, 2.24) is 18.7 Å². The molecule has 8 heteroatoms. The van der Waals surface area contributed by atoms with Crippen LogP contribution in [-0.4, -0.2) is 24.6 Å². The number of aromatic nitrogens is 4. The van der Waals surface area contributed by atoms with Crippen molar-refractivity contribution >= 4 is 22.8 Å². The number of carbonyl (C=O) groups excluding carboxylic acids is 1. The lowest BCUT2D eigenvalue weighted by atomic mass is 10.2. The molecule has 0 saturated heterocycles. The van der Waals surface area contributed by atoms with Gasteiger partial charge in [0, 0.05) is 32.3 Å². The van der Waals surface area contributed by atoms with Crippen LogP contribution in [0, 0.1) is 11.8 Å². The molecule has 0 unspecified atom stereocenters. The predicted molar refractivity (Wildman–Crippen MR) is 97.8 cm³/mol. The first-order chi connectivity index (χ1) is 12.4. The van der Waals surface area contributed by atoms with E-state index in [2.05, 4.69) is 22.1 Å². The van der Waals surface area contributed by atoms with Crippen molar-refractivity contribution < 1.29 is 4.79 Å². The van der Waals surface area contributed by atoms with Gasteiger partial charge in [-0.05, 0) is 18.2 Å². The molecule has 2 aromatic heterocycles. The summed E-state index contributed by atoms with van der Waals surface area (Å²) in [6, 6.07) is 7.10. The predicted octanol–water partition coefficient (Wildman–Crippen LogP) is 0.444. The van der Waals surface area contributed by atoms with Crippen LogP contribution < -0.4 is 16.6 Å². The molecule has 1 amide bonds. The second-order valence-corrected chi connectivity index (χ2v) is 5.82. The van der Waals surface area contributed by atoms with Crippen molar-refractivity contribution in [2.45, 2.75) is 13.5 Å². The van der Waals surface area contributed by atoms with E-state index in [0.717, 1.165) is 4.57 Å².